The van der Waals surface area contributed by atoms with Crippen LogP contribution in [0.5, 0.6) is 0 Å². The van der Waals surface area contributed by atoms with Gasteiger partial charge in [-0.1, -0.05) is 29.8 Å². The zero-order valence-corrected chi connectivity index (χ0v) is 7.45. The van der Waals surface area contributed by atoms with Gasteiger partial charge in [0.05, 0.1) is 6.61 Å². The number of aliphatic hydroxyl groups excluding tert-OH is 1. The summed E-state index contributed by atoms with van der Waals surface area (Å²) in [5.41, 5.74) is 2.21. The SMILES string of the molecule is CO[C@@H](CO)c1cccc(C)c1. The molecule has 0 unspecified atom stereocenters. The summed E-state index contributed by atoms with van der Waals surface area (Å²) >= 11 is 0. The maximum absolute atomic E-state index is 8.95. The summed E-state index contributed by atoms with van der Waals surface area (Å²) in [6, 6.07) is 7.96. The molecule has 1 aromatic rings. The van der Waals surface area contributed by atoms with Crippen LogP contribution in [-0.2, 0) is 4.74 Å². The summed E-state index contributed by atoms with van der Waals surface area (Å²) in [4.78, 5) is 0. The Morgan fingerprint density at radius 3 is 2.75 bits per heavy atom. The summed E-state index contributed by atoms with van der Waals surface area (Å²) in [7, 11) is 1.60. The second-order valence-electron chi connectivity index (χ2n) is 2.82. The zero-order chi connectivity index (χ0) is 8.97. The van der Waals surface area contributed by atoms with E-state index in [1.165, 1.54) is 5.56 Å². The molecule has 2 heteroatoms. The van der Waals surface area contributed by atoms with E-state index in [4.69, 9.17) is 9.84 Å². The van der Waals surface area contributed by atoms with Gasteiger partial charge in [0, 0.05) is 7.11 Å². The largest absolute Gasteiger partial charge is 0.393 e. The highest BCUT2D eigenvalue weighted by Gasteiger charge is 2.07. The number of ether oxygens (including phenoxy) is 1. The fourth-order valence-corrected chi connectivity index (χ4v) is 1.19. The first-order valence-electron chi connectivity index (χ1n) is 3.98. The molecule has 1 aromatic carbocycles. The minimum Gasteiger partial charge on any atom is -0.393 e. The van der Waals surface area contributed by atoms with E-state index >= 15 is 0 Å². The summed E-state index contributed by atoms with van der Waals surface area (Å²) in [5.74, 6) is 0. The molecule has 1 N–H and O–H groups in total. The number of rotatable bonds is 3. The van der Waals surface area contributed by atoms with Crippen LogP contribution in [0.4, 0.5) is 0 Å². The fourth-order valence-electron chi connectivity index (χ4n) is 1.19. The molecular formula is C10H14O2. The van der Waals surface area contributed by atoms with Crippen LogP contribution in [0.25, 0.3) is 0 Å². The molecule has 0 aromatic heterocycles. The summed E-state index contributed by atoms with van der Waals surface area (Å²) in [6.07, 6.45) is -0.190. The van der Waals surface area contributed by atoms with Crippen molar-refractivity contribution < 1.29 is 9.84 Å². The Bertz CT molecular complexity index is 241. The second-order valence-corrected chi connectivity index (χ2v) is 2.82. The molecule has 0 heterocycles. The Morgan fingerprint density at radius 1 is 1.50 bits per heavy atom. The van der Waals surface area contributed by atoms with Gasteiger partial charge in [0.2, 0.25) is 0 Å². The summed E-state index contributed by atoms with van der Waals surface area (Å²) < 4.78 is 5.09. The van der Waals surface area contributed by atoms with Crippen LogP contribution in [-0.4, -0.2) is 18.8 Å². The lowest BCUT2D eigenvalue weighted by molar-refractivity contribution is 0.0484. The lowest BCUT2D eigenvalue weighted by Gasteiger charge is -2.12. The minimum absolute atomic E-state index is 0.0277. The van der Waals surface area contributed by atoms with Gasteiger partial charge in [0.15, 0.2) is 0 Å². The third-order valence-electron chi connectivity index (χ3n) is 1.86. The van der Waals surface area contributed by atoms with Gasteiger partial charge in [-0.25, -0.2) is 0 Å². The molecular weight excluding hydrogens is 152 g/mol. The number of hydrogen-bond donors (Lipinski definition) is 1. The first kappa shape index (κ1) is 9.23. The van der Waals surface area contributed by atoms with Gasteiger partial charge in [-0.2, -0.15) is 0 Å². The molecule has 0 aliphatic rings. The van der Waals surface area contributed by atoms with E-state index < -0.39 is 0 Å². The van der Waals surface area contributed by atoms with Crippen LogP contribution < -0.4 is 0 Å². The Morgan fingerprint density at radius 2 is 2.25 bits per heavy atom. The first-order valence-corrected chi connectivity index (χ1v) is 3.98. The number of aryl methyl sites for hydroxylation is 1. The maximum atomic E-state index is 8.95. The minimum atomic E-state index is -0.190. The molecule has 1 atom stereocenters. The molecule has 0 bridgehead atoms. The van der Waals surface area contributed by atoms with Crippen molar-refractivity contribution in [3.05, 3.63) is 35.4 Å². The van der Waals surface area contributed by atoms with Gasteiger partial charge >= 0.3 is 0 Å². The number of methoxy groups -OCH3 is 1. The van der Waals surface area contributed by atoms with Crippen molar-refractivity contribution in [3.63, 3.8) is 0 Å². The lowest BCUT2D eigenvalue weighted by atomic mass is 10.1. The molecule has 66 valence electrons. The quantitative estimate of drug-likeness (QED) is 0.740. The van der Waals surface area contributed by atoms with Crippen molar-refractivity contribution in [2.75, 3.05) is 13.7 Å². The van der Waals surface area contributed by atoms with E-state index in [9.17, 15) is 0 Å². The first-order chi connectivity index (χ1) is 5.77. The molecule has 0 saturated heterocycles. The van der Waals surface area contributed by atoms with E-state index in [1.807, 2.05) is 31.2 Å². The topological polar surface area (TPSA) is 29.5 Å². The molecule has 2 nitrogen and oxygen atoms in total. The van der Waals surface area contributed by atoms with Crippen molar-refractivity contribution in [3.8, 4) is 0 Å². The van der Waals surface area contributed by atoms with Gasteiger partial charge in [0.1, 0.15) is 6.10 Å². The Hall–Kier alpha value is -0.860. The van der Waals surface area contributed by atoms with E-state index in [0.717, 1.165) is 5.56 Å². The molecule has 0 saturated carbocycles. The van der Waals surface area contributed by atoms with Crippen molar-refractivity contribution in [2.45, 2.75) is 13.0 Å². The van der Waals surface area contributed by atoms with Crippen LogP contribution >= 0.6 is 0 Å². The molecule has 1 rings (SSSR count). The maximum Gasteiger partial charge on any atom is 0.105 e. The smallest absolute Gasteiger partial charge is 0.105 e. The molecule has 0 radical (unpaired) electrons. The van der Waals surface area contributed by atoms with Crippen molar-refractivity contribution in [1.29, 1.82) is 0 Å². The average molecular weight is 166 g/mol. The monoisotopic (exact) mass is 166 g/mol. The zero-order valence-electron chi connectivity index (χ0n) is 7.45. The van der Waals surface area contributed by atoms with Crippen molar-refractivity contribution in [1.82, 2.24) is 0 Å². The van der Waals surface area contributed by atoms with Gasteiger partial charge in [-0.15, -0.1) is 0 Å². The van der Waals surface area contributed by atoms with Gasteiger partial charge in [0.25, 0.3) is 0 Å². The van der Waals surface area contributed by atoms with E-state index in [-0.39, 0.29) is 12.7 Å². The van der Waals surface area contributed by atoms with Gasteiger partial charge in [-0.05, 0) is 12.5 Å². The second kappa shape index (κ2) is 4.24. The van der Waals surface area contributed by atoms with E-state index in [0.29, 0.717) is 0 Å². The van der Waals surface area contributed by atoms with Crippen LogP contribution in [0.3, 0.4) is 0 Å². The van der Waals surface area contributed by atoms with Crippen LogP contribution in [0.15, 0.2) is 24.3 Å². The highest BCUT2D eigenvalue weighted by molar-refractivity contribution is 5.24. The fraction of sp³-hybridized carbons (Fsp3) is 0.400. The number of aliphatic hydroxyl groups is 1. The third-order valence-corrected chi connectivity index (χ3v) is 1.86. The normalized spacial score (nSPS) is 12.9. The van der Waals surface area contributed by atoms with Gasteiger partial charge < -0.3 is 9.84 Å². The molecule has 0 fully saturated rings. The Kier molecular flexibility index (Phi) is 3.26. The lowest BCUT2D eigenvalue weighted by Crippen LogP contribution is -2.05. The molecule has 0 aliphatic heterocycles. The Labute approximate surface area is 72.8 Å². The molecule has 12 heavy (non-hydrogen) atoms. The molecule has 0 aliphatic carbocycles. The van der Waals surface area contributed by atoms with Crippen LogP contribution in [0.1, 0.15) is 17.2 Å². The standard InChI is InChI=1S/C10H14O2/c1-8-4-3-5-9(6-8)10(7-11)12-2/h3-6,10-11H,7H2,1-2H3/t10-/m0/s1. The van der Waals surface area contributed by atoms with Gasteiger partial charge in [-0.3, -0.25) is 0 Å². The van der Waals surface area contributed by atoms with Crippen LogP contribution in [0, 0.1) is 6.92 Å². The highest BCUT2D eigenvalue weighted by Crippen LogP contribution is 2.16. The number of hydrogen-bond acceptors (Lipinski definition) is 2. The predicted molar refractivity (Wildman–Crippen MR) is 48.0 cm³/mol. The highest BCUT2D eigenvalue weighted by atomic mass is 16.5. The molecule has 0 amide bonds. The molecule has 0 spiro atoms. The van der Waals surface area contributed by atoms with Crippen LogP contribution in [0.2, 0.25) is 0 Å². The summed E-state index contributed by atoms with van der Waals surface area (Å²) in [5, 5.41) is 8.95. The predicted octanol–water partition coefficient (Wildman–Crippen LogP) is 1.67. The van der Waals surface area contributed by atoms with Crippen molar-refractivity contribution in [2.24, 2.45) is 0 Å². The van der Waals surface area contributed by atoms with Crippen molar-refractivity contribution >= 4 is 0 Å². The average Bonchev–Trinajstić information content (AvgIpc) is 2.07. The number of benzene rings is 1. The van der Waals surface area contributed by atoms with E-state index in [1.54, 1.807) is 7.11 Å². The van der Waals surface area contributed by atoms with E-state index in [2.05, 4.69) is 0 Å². The third kappa shape index (κ3) is 2.06. The Balaban J connectivity index is 2.85. The summed E-state index contributed by atoms with van der Waals surface area (Å²) in [6.45, 7) is 2.05.